The van der Waals surface area contributed by atoms with E-state index < -0.39 is 17.2 Å². The molecule has 0 saturated heterocycles. The number of rotatable bonds is 2. The minimum Gasteiger partial charge on any atom is -0.298 e. The maximum Gasteiger partial charge on any atom is 0.155 e. The van der Waals surface area contributed by atoms with Gasteiger partial charge in [-0.3, -0.25) is 4.79 Å². The smallest absolute Gasteiger partial charge is 0.155 e. The van der Waals surface area contributed by atoms with Crippen molar-refractivity contribution >= 4 is 40.2 Å². The van der Waals surface area contributed by atoms with Crippen LogP contribution in [0.15, 0.2) is 24.3 Å². The van der Waals surface area contributed by atoms with Gasteiger partial charge in [-0.25, -0.2) is 8.78 Å². The van der Waals surface area contributed by atoms with Gasteiger partial charge in [-0.1, -0.05) is 0 Å². The molecule has 1 aromatic heterocycles. The molecule has 0 spiro atoms. The molecule has 0 bridgehead atoms. The highest BCUT2D eigenvalue weighted by molar-refractivity contribution is 14.1. The van der Waals surface area contributed by atoms with Crippen LogP contribution in [0.2, 0.25) is 0 Å². The summed E-state index contributed by atoms with van der Waals surface area (Å²) in [6.45, 7) is 0. The Kier molecular flexibility index (Phi) is 3.34. The molecule has 0 radical (unpaired) electrons. The number of benzene rings is 1. The summed E-state index contributed by atoms with van der Waals surface area (Å²) >= 11 is 3.57. The van der Waals surface area contributed by atoms with Crippen LogP contribution < -0.4 is 0 Å². The van der Waals surface area contributed by atoms with Crippen molar-refractivity contribution in [3.8, 4) is 10.4 Å². The van der Waals surface area contributed by atoms with Crippen LogP contribution in [-0.4, -0.2) is 6.29 Å². The molecule has 82 valence electrons. The zero-order valence-corrected chi connectivity index (χ0v) is 10.8. The van der Waals surface area contributed by atoms with Crippen LogP contribution >= 0.6 is 33.9 Å². The Labute approximate surface area is 108 Å². The van der Waals surface area contributed by atoms with E-state index in [9.17, 15) is 13.6 Å². The summed E-state index contributed by atoms with van der Waals surface area (Å²) in [4.78, 5) is 11.2. The normalized spacial score (nSPS) is 10.4. The maximum atomic E-state index is 13.3. The second kappa shape index (κ2) is 4.58. The zero-order valence-electron chi connectivity index (χ0n) is 7.84. The molecule has 1 aromatic carbocycles. The second-order valence-electron chi connectivity index (χ2n) is 3.08. The molecule has 1 heterocycles. The molecule has 0 saturated carbocycles. The molecule has 0 aliphatic heterocycles. The lowest BCUT2D eigenvalue weighted by Crippen LogP contribution is -1.94. The molecule has 2 rings (SSSR count). The van der Waals surface area contributed by atoms with E-state index in [0.717, 1.165) is 7.76 Å². The highest BCUT2D eigenvalue weighted by atomic mass is 127. The summed E-state index contributed by atoms with van der Waals surface area (Å²) in [5.74, 6) is -1.65. The molecule has 1 nitrogen and oxygen atoms in total. The van der Waals surface area contributed by atoms with Gasteiger partial charge in [-0.15, -0.1) is 11.3 Å². The van der Waals surface area contributed by atoms with Gasteiger partial charge in [0.25, 0.3) is 0 Å². The van der Waals surface area contributed by atoms with Gasteiger partial charge in [0.05, 0.1) is 8.45 Å². The summed E-state index contributed by atoms with van der Waals surface area (Å²) < 4.78 is 27.7. The standard InChI is InChI=1S/C11H5F2IOS/c12-8-3-6(4-9(13)7(8)5-15)10-1-2-11(14)16-10/h1-5H. The topological polar surface area (TPSA) is 17.1 Å². The third-order valence-corrected chi connectivity index (χ3v) is 4.00. The predicted octanol–water partition coefficient (Wildman–Crippen LogP) is 4.11. The average Bonchev–Trinajstić information content (AvgIpc) is 2.64. The van der Waals surface area contributed by atoms with Gasteiger partial charge < -0.3 is 0 Å². The van der Waals surface area contributed by atoms with Crippen LogP contribution in [0.5, 0.6) is 0 Å². The molecular formula is C11H5F2IOS. The first-order valence-corrected chi connectivity index (χ1v) is 6.21. The third-order valence-electron chi connectivity index (χ3n) is 2.05. The SMILES string of the molecule is O=Cc1c(F)cc(-c2ccc(I)s2)cc1F. The number of aldehydes is 1. The molecule has 16 heavy (non-hydrogen) atoms. The second-order valence-corrected chi connectivity index (χ2v) is 6.05. The van der Waals surface area contributed by atoms with Crippen LogP contribution in [0.1, 0.15) is 10.4 Å². The molecular weight excluding hydrogens is 345 g/mol. The number of hydrogen-bond donors (Lipinski definition) is 0. The first kappa shape index (κ1) is 11.7. The molecule has 0 aliphatic carbocycles. The Morgan fingerprint density at radius 3 is 2.25 bits per heavy atom. The van der Waals surface area contributed by atoms with Crippen molar-refractivity contribution in [2.45, 2.75) is 0 Å². The number of thiophene rings is 1. The third kappa shape index (κ3) is 2.15. The van der Waals surface area contributed by atoms with E-state index in [-0.39, 0.29) is 6.29 Å². The van der Waals surface area contributed by atoms with Crippen LogP contribution in [-0.2, 0) is 0 Å². The zero-order chi connectivity index (χ0) is 11.7. The van der Waals surface area contributed by atoms with E-state index in [2.05, 4.69) is 22.6 Å². The van der Waals surface area contributed by atoms with Crippen molar-refractivity contribution in [3.63, 3.8) is 0 Å². The average molecular weight is 350 g/mol. The predicted molar refractivity (Wildman–Crippen MR) is 67.8 cm³/mol. The summed E-state index contributed by atoms with van der Waals surface area (Å²) in [6.07, 6.45) is 0.187. The number of halogens is 3. The molecule has 5 heteroatoms. The van der Waals surface area contributed by atoms with Crippen LogP contribution in [0.4, 0.5) is 8.78 Å². The molecule has 0 amide bonds. The van der Waals surface area contributed by atoms with Crippen LogP contribution in [0, 0.1) is 14.5 Å². The van der Waals surface area contributed by atoms with Crippen molar-refractivity contribution in [1.82, 2.24) is 0 Å². The lowest BCUT2D eigenvalue weighted by molar-refractivity contribution is 0.111. The minimum atomic E-state index is -0.826. The van der Waals surface area contributed by atoms with E-state index in [4.69, 9.17) is 0 Å². The van der Waals surface area contributed by atoms with Crippen molar-refractivity contribution in [3.05, 3.63) is 44.3 Å². The first-order chi connectivity index (χ1) is 7.61. The Morgan fingerprint density at radius 2 is 1.81 bits per heavy atom. The van der Waals surface area contributed by atoms with Gasteiger partial charge in [0, 0.05) is 4.88 Å². The van der Waals surface area contributed by atoms with E-state index in [1.165, 1.54) is 23.5 Å². The van der Waals surface area contributed by atoms with Gasteiger partial charge in [0.1, 0.15) is 11.6 Å². The van der Waals surface area contributed by atoms with Gasteiger partial charge >= 0.3 is 0 Å². The van der Waals surface area contributed by atoms with Crippen LogP contribution in [0.25, 0.3) is 10.4 Å². The number of hydrogen-bond acceptors (Lipinski definition) is 2. The molecule has 0 fully saturated rings. The summed E-state index contributed by atoms with van der Waals surface area (Å²) in [5.41, 5.74) is -0.0662. The lowest BCUT2D eigenvalue weighted by Gasteiger charge is -2.01. The lowest BCUT2D eigenvalue weighted by atomic mass is 10.1. The van der Waals surface area contributed by atoms with Crippen molar-refractivity contribution < 1.29 is 13.6 Å². The van der Waals surface area contributed by atoms with Gasteiger partial charge in [0.2, 0.25) is 0 Å². The Balaban J connectivity index is 2.56. The number of carbonyl (C=O) groups excluding carboxylic acids is 1. The Morgan fingerprint density at radius 1 is 1.19 bits per heavy atom. The minimum absolute atomic E-state index is 0.187. The maximum absolute atomic E-state index is 13.3. The largest absolute Gasteiger partial charge is 0.298 e. The summed E-state index contributed by atoms with van der Waals surface area (Å²) in [6, 6.07) is 6.01. The highest BCUT2D eigenvalue weighted by Gasteiger charge is 2.12. The molecule has 2 aromatic rings. The van der Waals surface area contributed by atoms with E-state index >= 15 is 0 Å². The molecule has 0 aliphatic rings. The quantitative estimate of drug-likeness (QED) is 0.589. The Bertz CT molecular complexity index is 528. The monoisotopic (exact) mass is 350 g/mol. The first-order valence-electron chi connectivity index (χ1n) is 4.31. The number of carbonyl (C=O) groups is 1. The molecule has 0 N–H and O–H groups in total. The Hall–Kier alpha value is -0.820. The van der Waals surface area contributed by atoms with E-state index in [1.807, 2.05) is 6.07 Å². The van der Waals surface area contributed by atoms with Gasteiger partial charge in [0.15, 0.2) is 6.29 Å². The summed E-state index contributed by atoms with van der Waals surface area (Å²) in [5, 5.41) is 0. The van der Waals surface area contributed by atoms with Crippen molar-refractivity contribution in [1.29, 1.82) is 0 Å². The van der Waals surface area contributed by atoms with Gasteiger partial charge in [-0.05, 0) is 52.4 Å². The fraction of sp³-hybridized carbons (Fsp3) is 0. The fourth-order valence-electron chi connectivity index (χ4n) is 1.31. The fourth-order valence-corrected chi connectivity index (χ4v) is 2.92. The van der Waals surface area contributed by atoms with Crippen LogP contribution in [0.3, 0.4) is 0 Å². The molecule has 0 unspecified atom stereocenters. The van der Waals surface area contributed by atoms with E-state index in [0.29, 0.717) is 5.56 Å². The van der Waals surface area contributed by atoms with Crippen molar-refractivity contribution in [2.75, 3.05) is 0 Å². The highest BCUT2D eigenvalue weighted by Crippen LogP contribution is 2.30. The molecule has 0 atom stereocenters. The van der Waals surface area contributed by atoms with E-state index in [1.54, 1.807) is 6.07 Å². The van der Waals surface area contributed by atoms with Crippen molar-refractivity contribution in [2.24, 2.45) is 0 Å². The van der Waals surface area contributed by atoms with Gasteiger partial charge in [-0.2, -0.15) is 0 Å². The summed E-state index contributed by atoms with van der Waals surface area (Å²) in [7, 11) is 0.